The Morgan fingerprint density at radius 3 is 2.31 bits per heavy atom. The number of carboxylic acids is 1. The van der Waals surface area contributed by atoms with Crippen molar-refractivity contribution in [1.82, 2.24) is 0 Å². The van der Waals surface area contributed by atoms with Gasteiger partial charge >= 0.3 is 5.97 Å². The van der Waals surface area contributed by atoms with Gasteiger partial charge in [-0.25, -0.2) is 0 Å². The molecule has 0 aliphatic rings. The van der Waals surface area contributed by atoms with Gasteiger partial charge in [-0.15, -0.1) is 0 Å². The topological polar surface area (TPSA) is 37.3 Å². The third-order valence-electron chi connectivity index (χ3n) is 1.69. The van der Waals surface area contributed by atoms with Gasteiger partial charge < -0.3 is 5.11 Å². The highest BCUT2D eigenvalue weighted by molar-refractivity contribution is 7.97. The summed E-state index contributed by atoms with van der Waals surface area (Å²) >= 11 is 1.76. The number of carbonyl (C=O) groups is 1. The van der Waals surface area contributed by atoms with Gasteiger partial charge in [0.25, 0.3) is 0 Å². The predicted octanol–water partition coefficient (Wildman–Crippen LogP) is 2.18. The molecule has 0 saturated heterocycles. The Morgan fingerprint density at radius 1 is 1.31 bits per heavy atom. The lowest BCUT2D eigenvalue weighted by Gasteiger charge is -2.00. The predicted molar refractivity (Wildman–Crippen MR) is 55.0 cm³/mol. The molecular formula is C10H12O2S. The van der Waals surface area contributed by atoms with Crippen LogP contribution >= 0.6 is 11.8 Å². The number of thioether (sulfide) groups is 1. The molecule has 0 saturated carbocycles. The summed E-state index contributed by atoms with van der Waals surface area (Å²) in [6.45, 7) is 0. The molecular weight excluding hydrogens is 184 g/mol. The number of hydrogen-bond acceptors (Lipinski definition) is 2. The minimum Gasteiger partial charge on any atom is -0.481 e. The van der Waals surface area contributed by atoms with Crippen LogP contribution in [0, 0.1) is 0 Å². The summed E-state index contributed by atoms with van der Waals surface area (Å²) in [6.07, 6.45) is 2.16. The van der Waals surface area contributed by atoms with Gasteiger partial charge in [0.2, 0.25) is 0 Å². The number of aliphatic carboxylic acids is 1. The molecule has 0 unspecified atom stereocenters. The first-order chi connectivity index (χ1) is 6.22. The molecule has 1 aromatic carbocycles. The first-order valence-corrected chi connectivity index (χ1v) is 5.40. The van der Waals surface area contributed by atoms with Crippen molar-refractivity contribution in [3.8, 4) is 0 Å². The Kier molecular flexibility index (Phi) is 3.83. The van der Waals surface area contributed by atoms with Crippen molar-refractivity contribution < 1.29 is 9.90 Å². The van der Waals surface area contributed by atoms with Crippen molar-refractivity contribution in [2.24, 2.45) is 0 Å². The van der Waals surface area contributed by atoms with Gasteiger partial charge in [-0.05, 0) is 17.4 Å². The van der Waals surface area contributed by atoms with E-state index in [1.165, 1.54) is 5.56 Å². The molecule has 0 aromatic heterocycles. The van der Waals surface area contributed by atoms with Crippen molar-refractivity contribution in [1.29, 1.82) is 0 Å². The second-order valence-electron chi connectivity index (χ2n) is 2.82. The third-order valence-corrected chi connectivity index (χ3v) is 2.31. The Balaban J connectivity index is 2.64. The number of benzene rings is 1. The lowest BCUT2D eigenvalue weighted by Crippen LogP contribution is -1.99. The molecule has 2 nitrogen and oxygen atoms in total. The fraction of sp³-hybridized carbons (Fsp3) is 0.300. The van der Waals surface area contributed by atoms with E-state index in [0.29, 0.717) is 0 Å². The molecule has 1 aromatic rings. The molecule has 0 bridgehead atoms. The zero-order valence-corrected chi connectivity index (χ0v) is 8.30. The summed E-state index contributed by atoms with van der Waals surface area (Å²) in [7, 11) is 0. The fourth-order valence-electron chi connectivity index (χ4n) is 1.09. The quantitative estimate of drug-likeness (QED) is 0.802. The van der Waals surface area contributed by atoms with E-state index in [0.717, 1.165) is 11.3 Å². The minimum absolute atomic E-state index is 0.111. The van der Waals surface area contributed by atoms with E-state index in [-0.39, 0.29) is 6.42 Å². The normalized spacial score (nSPS) is 9.92. The van der Waals surface area contributed by atoms with Crippen LogP contribution in [0.25, 0.3) is 0 Å². The Morgan fingerprint density at radius 2 is 1.85 bits per heavy atom. The second kappa shape index (κ2) is 4.92. The summed E-state index contributed by atoms with van der Waals surface area (Å²) in [5.41, 5.74) is 2.10. The largest absolute Gasteiger partial charge is 0.481 e. The monoisotopic (exact) mass is 196 g/mol. The van der Waals surface area contributed by atoms with Gasteiger partial charge in [0.1, 0.15) is 0 Å². The maximum atomic E-state index is 10.4. The van der Waals surface area contributed by atoms with Crippen LogP contribution in [0.5, 0.6) is 0 Å². The molecule has 0 amide bonds. The SMILES string of the molecule is CSCc1ccc(CC(=O)O)cc1. The molecule has 0 aliphatic heterocycles. The van der Waals surface area contributed by atoms with Gasteiger partial charge in [-0.2, -0.15) is 11.8 Å². The van der Waals surface area contributed by atoms with E-state index in [1.54, 1.807) is 11.8 Å². The fourth-order valence-corrected chi connectivity index (χ4v) is 1.62. The minimum atomic E-state index is -0.780. The lowest BCUT2D eigenvalue weighted by atomic mass is 10.1. The molecule has 1 N–H and O–H groups in total. The number of hydrogen-bond donors (Lipinski definition) is 1. The molecule has 0 spiro atoms. The smallest absolute Gasteiger partial charge is 0.307 e. The maximum Gasteiger partial charge on any atom is 0.307 e. The average Bonchev–Trinajstić information content (AvgIpc) is 2.08. The standard InChI is InChI=1S/C10H12O2S/c1-13-7-9-4-2-8(3-5-9)6-10(11)12/h2-5H,6-7H2,1H3,(H,11,12). The summed E-state index contributed by atoms with van der Waals surface area (Å²) in [5, 5.41) is 8.54. The summed E-state index contributed by atoms with van der Waals surface area (Å²) < 4.78 is 0. The molecule has 70 valence electrons. The second-order valence-corrected chi connectivity index (χ2v) is 3.69. The van der Waals surface area contributed by atoms with E-state index >= 15 is 0 Å². The van der Waals surface area contributed by atoms with Crippen LogP contribution in [0.3, 0.4) is 0 Å². The molecule has 0 atom stereocenters. The van der Waals surface area contributed by atoms with E-state index in [9.17, 15) is 4.79 Å². The van der Waals surface area contributed by atoms with Crippen molar-refractivity contribution >= 4 is 17.7 Å². The van der Waals surface area contributed by atoms with Gasteiger partial charge in [0, 0.05) is 5.75 Å². The van der Waals surface area contributed by atoms with Crippen LogP contribution in [-0.2, 0) is 17.0 Å². The maximum absolute atomic E-state index is 10.4. The lowest BCUT2D eigenvalue weighted by molar-refractivity contribution is -0.136. The summed E-state index contributed by atoms with van der Waals surface area (Å²) in [4.78, 5) is 10.4. The highest BCUT2D eigenvalue weighted by Gasteiger charge is 1.99. The van der Waals surface area contributed by atoms with Gasteiger partial charge in [0.15, 0.2) is 0 Å². The third kappa shape index (κ3) is 3.51. The van der Waals surface area contributed by atoms with E-state index in [4.69, 9.17) is 5.11 Å². The van der Waals surface area contributed by atoms with Crippen LogP contribution in [0.2, 0.25) is 0 Å². The average molecular weight is 196 g/mol. The zero-order valence-electron chi connectivity index (χ0n) is 7.49. The van der Waals surface area contributed by atoms with Gasteiger partial charge in [-0.1, -0.05) is 24.3 Å². The molecule has 1 rings (SSSR count). The van der Waals surface area contributed by atoms with E-state index in [2.05, 4.69) is 0 Å². The van der Waals surface area contributed by atoms with Crippen LogP contribution in [0.15, 0.2) is 24.3 Å². The van der Waals surface area contributed by atoms with Crippen LogP contribution in [-0.4, -0.2) is 17.3 Å². The summed E-state index contributed by atoms with van der Waals surface area (Å²) in [6, 6.07) is 7.71. The van der Waals surface area contributed by atoms with Crippen LogP contribution < -0.4 is 0 Å². The molecule has 3 heteroatoms. The Hall–Kier alpha value is -0.960. The molecule has 0 fully saturated rings. The Bertz CT molecular complexity index is 279. The number of carboxylic acid groups (broad SMARTS) is 1. The molecule has 13 heavy (non-hydrogen) atoms. The Labute approximate surface area is 82.0 Å². The molecule has 0 aliphatic carbocycles. The number of rotatable bonds is 4. The van der Waals surface area contributed by atoms with E-state index in [1.807, 2.05) is 30.5 Å². The molecule has 0 radical (unpaired) electrons. The van der Waals surface area contributed by atoms with Crippen molar-refractivity contribution in [2.75, 3.05) is 6.26 Å². The van der Waals surface area contributed by atoms with Gasteiger partial charge in [0.05, 0.1) is 6.42 Å². The first kappa shape index (κ1) is 10.1. The van der Waals surface area contributed by atoms with Crippen molar-refractivity contribution in [3.63, 3.8) is 0 Å². The zero-order chi connectivity index (χ0) is 9.68. The van der Waals surface area contributed by atoms with Crippen LogP contribution in [0.4, 0.5) is 0 Å². The first-order valence-electron chi connectivity index (χ1n) is 4.01. The van der Waals surface area contributed by atoms with Gasteiger partial charge in [-0.3, -0.25) is 4.79 Å². The van der Waals surface area contributed by atoms with Crippen molar-refractivity contribution in [2.45, 2.75) is 12.2 Å². The highest BCUT2D eigenvalue weighted by atomic mass is 32.2. The van der Waals surface area contributed by atoms with Crippen LogP contribution in [0.1, 0.15) is 11.1 Å². The molecule has 0 heterocycles. The van der Waals surface area contributed by atoms with E-state index < -0.39 is 5.97 Å². The van der Waals surface area contributed by atoms with Crippen molar-refractivity contribution in [3.05, 3.63) is 35.4 Å². The highest BCUT2D eigenvalue weighted by Crippen LogP contribution is 2.10. The summed E-state index contributed by atoms with van der Waals surface area (Å²) in [5.74, 6) is 0.200.